The van der Waals surface area contributed by atoms with Crippen LogP contribution in [0.15, 0.2) is 60.7 Å². The molecule has 2 aliphatic rings. The third kappa shape index (κ3) is 8.83. The Morgan fingerprint density at radius 3 is 2.36 bits per heavy atom. The number of nitrogens with zero attached hydrogens (tertiary/aromatic N) is 1. The van der Waals surface area contributed by atoms with Crippen LogP contribution in [0.25, 0.3) is 10.1 Å². The van der Waals surface area contributed by atoms with E-state index in [0.29, 0.717) is 22.6 Å². The van der Waals surface area contributed by atoms with Crippen molar-refractivity contribution in [2.75, 3.05) is 18.6 Å². The second kappa shape index (κ2) is 16.5. The molecule has 0 saturated carbocycles. The van der Waals surface area contributed by atoms with Crippen molar-refractivity contribution in [2.24, 2.45) is 5.92 Å². The first-order chi connectivity index (χ1) is 23.9. The molecule has 14 heteroatoms. The summed E-state index contributed by atoms with van der Waals surface area (Å²) in [6.45, 7) is 5.14. The topological polar surface area (TPSA) is 166 Å². The molecular weight excluding hydrogens is 677 g/mol. The Bertz CT molecular complexity index is 1700. The summed E-state index contributed by atoms with van der Waals surface area (Å²) in [5.74, 6) is -2.65. The fourth-order valence-electron chi connectivity index (χ4n) is 6.28. The average Bonchev–Trinajstić information content (AvgIpc) is 3.73. The number of hydrogen-bond acceptors (Lipinski definition) is 8. The lowest BCUT2D eigenvalue weighted by atomic mass is 10.0. The first-order valence-corrected chi connectivity index (χ1v) is 19.0. The lowest BCUT2D eigenvalue weighted by molar-refractivity contribution is -0.143. The molecule has 0 spiro atoms. The second-order valence-electron chi connectivity index (χ2n) is 13.1. The van der Waals surface area contributed by atoms with Gasteiger partial charge in [0, 0.05) is 17.3 Å². The summed E-state index contributed by atoms with van der Waals surface area (Å²) in [5.41, 5.74) is 0.686. The predicted molar refractivity (Wildman–Crippen MR) is 194 cm³/mol. The van der Waals surface area contributed by atoms with E-state index in [1.807, 2.05) is 42.7 Å². The molecule has 2 fully saturated rings. The second-order valence-corrected chi connectivity index (χ2v) is 15.2. The number of rotatable bonds is 7. The van der Waals surface area contributed by atoms with Crippen LogP contribution in [0.4, 0.5) is 0 Å². The van der Waals surface area contributed by atoms with Crippen molar-refractivity contribution < 1.29 is 28.8 Å². The van der Waals surface area contributed by atoms with Gasteiger partial charge in [-0.15, -0.1) is 11.3 Å². The fraction of sp³-hybridized carbons (Fsp3) is 0.444. The minimum Gasteiger partial charge on any atom is -0.347 e. The van der Waals surface area contributed by atoms with Crippen molar-refractivity contribution in [3.8, 4) is 0 Å². The van der Waals surface area contributed by atoms with Crippen LogP contribution in [-0.4, -0.2) is 89.1 Å². The molecule has 1 aromatic heterocycles. The highest BCUT2D eigenvalue weighted by molar-refractivity contribution is 7.98. The zero-order valence-corrected chi connectivity index (χ0v) is 30.2. The number of nitrogens with one attached hydrogen (secondary N) is 5. The van der Waals surface area contributed by atoms with Crippen LogP contribution >= 0.6 is 23.1 Å². The maximum atomic E-state index is 14.3. The molecule has 0 radical (unpaired) electrons. The molecule has 0 aliphatic carbocycles. The van der Waals surface area contributed by atoms with E-state index in [-0.39, 0.29) is 31.2 Å². The molecular formula is C36H44N6O6S2. The van der Waals surface area contributed by atoms with Crippen molar-refractivity contribution in [3.05, 3.63) is 71.1 Å². The molecule has 2 aromatic carbocycles. The summed E-state index contributed by atoms with van der Waals surface area (Å²) < 4.78 is 0.964. The van der Waals surface area contributed by atoms with Gasteiger partial charge in [-0.3, -0.25) is 28.8 Å². The zero-order chi connectivity index (χ0) is 35.9. The van der Waals surface area contributed by atoms with Gasteiger partial charge in [0.25, 0.3) is 5.91 Å². The third-order valence-electron chi connectivity index (χ3n) is 9.02. The van der Waals surface area contributed by atoms with Crippen molar-refractivity contribution >= 4 is 68.6 Å². The molecule has 2 aliphatic heterocycles. The smallest absolute Gasteiger partial charge is 0.261 e. The largest absolute Gasteiger partial charge is 0.347 e. The maximum absolute atomic E-state index is 14.3. The van der Waals surface area contributed by atoms with Crippen molar-refractivity contribution in [2.45, 2.75) is 76.3 Å². The van der Waals surface area contributed by atoms with E-state index in [4.69, 9.17) is 0 Å². The van der Waals surface area contributed by atoms with Gasteiger partial charge in [-0.05, 0) is 60.8 Å². The van der Waals surface area contributed by atoms with E-state index in [0.717, 1.165) is 10.1 Å². The number of fused-ring (bicyclic) bond motifs is 2. The third-order valence-corrected chi connectivity index (χ3v) is 10.8. The van der Waals surface area contributed by atoms with E-state index < -0.39 is 65.8 Å². The molecule has 0 bridgehead atoms. The van der Waals surface area contributed by atoms with Crippen LogP contribution in [0.1, 0.15) is 61.3 Å². The predicted octanol–water partition coefficient (Wildman–Crippen LogP) is 2.75. The lowest BCUT2D eigenvalue weighted by Crippen LogP contribution is -2.59. The molecule has 266 valence electrons. The monoisotopic (exact) mass is 720 g/mol. The van der Waals surface area contributed by atoms with E-state index in [1.165, 1.54) is 34.9 Å². The van der Waals surface area contributed by atoms with Gasteiger partial charge in [-0.2, -0.15) is 11.8 Å². The van der Waals surface area contributed by atoms with Gasteiger partial charge >= 0.3 is 0 Å². The highest BCUT2D eigenvalue weighted by Gasteiger charge is 2.44. The molecule has 3 aromatic rings. The summed E-state index contributed by atoms with van der Waals surface area (Å²) in [6, 6.07) is 13.2. The number of carbonyl (C=O) groups is 6. The Hall–Kier alpha value is -4.43. The normalized spacial score (nSPS) is 25.5. The minimum absolute atomic E-state index is 0.0238. The number of amides is 6. The van der Waals surface area contributed by atoms with Gasteiger partial charge in [-0.25, -0.2) is 0 Å². The molecule has 6 amide bonds. The summed E-state index contributed by atoms with van der Waals surface area (Å²) in [7, 11) is 0. The van der Waals surface area contributed by atoms with Gasteiger partial charge in [-0.1, -0.05) is 62.4 Å². The quantitative estimate of drug-likeness (QED) is 0.251. The van der Waals surface area contributed by atoms with Gasteiger partial charge in [0.05, 0.1) is 17.3 Å². The first-order valence-electron chi connectivity index (χ1n) is 16.8. The molecule has 5 rings (SSSR count). The van der Waals surface area contributed by atoms with Gasteiger partial charge in [0.15, 0.2) is 0 Å². The van der Waals surface area contributed by atoms with E-state index in [9.17, 15) is 28.8 Å². The van der Waals surface area contributed by atoms with E-state index in [2.05, 4.69) is 26.6 Å². The van der Waals surface area contributed by atoms with Crippen LogP contribution in [0.5, 0.6) is 0 Å². The lowest BCUT2D eigenvalue weighted by Gasteiger charge is -2.32. The first kappa shape index (κ1) is 36.8. The molecule has 50 heavy (non-hydrogen) atoms. The number of benzene rings is 2. The van der Waals surface area contributed by atoms with Crippen molar-refractivity contribution in [3.63, 3.8) is 0 Å². The number of hydrogen-bond donors (Lipinski definition) is 5. The maximum Gasteiger partial charge on any atom is 0.261 e. The summed E-state index contributed by atoms with van der Waals surface area (Å²) in [6.07, 6.45) is 2.17. The summed E-state index contributed by atoms with van der Waals surface area (Å²) >= 11 is 2.87. The minimum atomic E-state index is -1.02. The van der Waals surface area contributed by atoms with E-state index >= 15 is 0 Å². The average molecular weight is 721 g/mol. The van der Waals surface area contributed by atoms with Crippen molar-refractivity contribution in [1.29, 1.82) is 0 Å². The van der Waals surface area contributed by atoms with Gasteiger partial charge in [0.1, 0.15) is 24.2 Å². The molecule has 0 unspecified atom stereocenters. The Labute approximate surface area is 299 Å². The highest BCUT2D eigenvalue weighted by Crippen LogP contribution is 2.27. The number of thiophene rings is 1. The Morgan fingerprint density at radius 1 is 0.940 bits per heavy atom. The molecule has 3 heterocycles. The van der Waals surface area contributed by atoms with Crippen LogP contribution in [0, 0.1) is 5.92 Å². The SMILES string of the molecule is CSCC[C@@H]1NC(=O)C[C@@H](c2ccccc2)NC(=O)[C@H](C)NC(=O)[C@@H]2C[C@H](NC(=O)c3cc4ccccc4s3)CN2C(=O)[C@H](C(C)C)NC1=O. The number of thioether (sulfide) groups is 1. The van der Waals surface area contributed by atoms with Crippen molar-refractivity contribution in [1.82, 2.24) is 31.5 Å². The van der Waals surface area contributed by atoms with Crippen LogP contribution < -0.4 is 26.6 Å². The van der Waals surface area contributed by atoms with Crippen LogP contribution in [0.3, 0.4) is 0 Å². The summed E-state index contributed by atoms with van der Waals surface area (Å²) in [4.78, 5) is 84.0. The van der Waals surface area contributed by atoms with E-state index in [1.54, 1.807) is 38.1 Å². The van der Waals surface area contributed by atoms with Crippen LogP contribution in [0.2, 0.25) is 0 Å². The Kier molecular flexibility index (Phi) is 12.2. The standard InChI is InChI=1S/C36H44N6O6S2/c1-20(2)31-36(48)42-19-24(38-35(47)29-16-23-12-8-9-13-28(23)50-29)17-27(42)34(46)37-21(3)32(44)40-26(22-10-6-5-7-11-22)18-30(43)39-25(14-15-49-4)33(45)41-31/h5-13,16,20-21,24-27,31H,14-15,17-19H2,1-4H3,(H,37,46)(H,38,47)(H,39,43)(H,40,44)(H,41,45)/t21-,24-,25-,26-,27-,31-/m0/s1. The zero-order valence-electron chi connectivity index (χ0n) is 28.6. The molecule has 2 saturated heterocycles. The number of carbonyl (C=O) groups excluding carboxylic acids is 6. The summed E-state index contributed by atoms with van der Waals surface area (Å²) in [5, 5.41) is 15.3. The Balaban J connectivity index is 1.45. The fourth-order valence-corrected chi connectivity index (χ4v) is 7.72. The highest BCUT2D eigenvalue weighted by atomic mass is 32.2. The van der Waals surface area contributed by atoms with Crippen LogP contribution in [-0.2, 0) is 24.0 Å². The molecule has 12 nitrogen and oxygen atoms in total. The Morgan fingerprint density at radius 2 is 1.66 bits per heavy atom. The van der Waals surface area contributed by atoms with Gasteiger partial charge < -0.3 is 31.5 Å². The van der Waals surface area contributed by atoms with Gasteiger partial charge in [0.2, 0.25) is 29.5 Å². The molecule has 6 atom stereocenters. The molecule has 5 N–H and O–H groups in total.